The fourth-order valence-corrected chi connectivity index (χ4v) is 10.4. The van der Waals surface area contributed by atoms with Crippen LogP contribution in [-0.4, -0.2) is 19.5 Å². The number of aromatic nitrogens is 4. The van der Waals surface area contributed by atoms with Crippen LogP contribution >= 0.6 is 0 Å². The molecule has 6 nitrogen and oxygen atoms in total. The molecule has 14 rings (SSSR count). The fraction of sp³-hybridized carbons (Fsp3) is 0. The van der Waals surface area contributed by atoms with E-state index in [1.807, 2.05) is 24.3 Å². The summed E-state index contributed by atoms with van der Waals surface area (Å²) < 4.78 is 8.66. The van der Waals surface area contributed by atoms with Gasteiger partial charge in [0.1, 0.15) is 11.2 Å². The lowest BCUT2D eigenvalue weighted by Gasteiger charge is -2.26. The lowest BCUT2D eigenvalue weighted by molar-refractivity contribution is 0.669. The van der Waals surface area contributed by atoms with Crippen molar-refractivity contribution in [2.45, 2.75) is 0 Å². The Morgan fingerprint density at radius 2 is 0.781 bits per heavy atom. The molecule has 0 amide bonds. The predicted octanol–water partition coefficient (Wildman–Crippen LogP) is 17.8. The van der Waals surface area contributed by atoms with E-state index < -0.39 is 0 Å². The van der Waals surface area contributed by atoms with Crippen molar-refractivity contribution in [2.24, 2.45) is 0 Å². The molecule has 6 heteroatoms. The summed E-state index contributed by atoms with van der Waals surface area (Å²) in [6, 6.07) is 91.9. The van der Waals surface area contributed by atoms with Crippen LogP contribution < -0.4 is 4.90 Å². The SMILES string of the molecule is c1ccc(-c2cccc(-c3nc(-c4ccc5c(c4)oc4ccccc45)nc(-n4c5cc(-c6ccccc6)ccc5c5ccc(N(c6ccccc6)c6ccc(-c7ccc8ccccc8c7)cc6)cc54)n3)c2)cc1. The zero-order valence-electron chi connectivity index (χ0n) is 39.5. The first-order valence-electron chi connectivity index (χ1n) is 24.6. The van der Waals surface area contributed by atoms with Crippen LogP contribution in [0.15, 0.2) is 265 Å². The number of hydrogen-bond donors (Lipinski definition) is 0. The Labute approximate surface area is 421 Å². The van der Waals surface area contributed by atoms with Crippen molar-refractivity contribution in [1.82, 2.24) is 19.5 Å². The molecule has 0 unspecified atom stereocenters. The van der Waals surface area contributed by atoms with E-state index in [9.17, 15) is 0 Å². The van der Waals surface area contributed by atoms with Gasteiger partial charge in [-0.05, 0) is 117 Å². The normalized spacial score (nSPS) is 11.6. The molecular formula is C67H43N5O. The summed E-state index contributed by atoms with van der Waals surface area (Å²) in [7, 11) is 0. The summed E-state index contributed by atoms with van der Waals surface area (Å²) in [5, 5.41) is 6.73. The molecule has 0 N–H and O–H groups in total. The molecule has 0 fully saturated rings. The van der Waals surface area contributed by atoms with Crippen molar-refractivity contribution in [1.29, 1.82) is 0 Å². The highest BCUT2D eigenvalue weighted by molar-refractivity contribution is 6.11. The van der Waals surface area contributed by atoms with Crippen LogP contribution in [0.1, 0.15) is 0 Å². The lowest BCUT2D eigenvalue weighted by atomic mass is 10.0. The maximum atomic E-state index is 6.44. The molecule has 0 radical (unpaired) electrons. The third-order valence-electron chi connectivity index (χ3n) is 14.0. The van der Waals surface area contributed by atoms with E-state index in [1.54, 1.807) is 0 Å². The lowest BCUT2D eigenvalue weighted by Crippen LogP contribution is -2.10. The molecule has 3 heterocycles. The van der Waals surface area contributed by atoms with Gasteiger partial charge in [0, 0.05) is 49.7 Å². The van der Waals surface area contributed by atoms with E-state index >= 15 is 0 Å². The average molecular weight is 934 g/mol. The third-order valence-corrected chi connectivity index (χ3v) is 14.0. The van der Waals surface area contributed by atoms with Crippen LogP contribution in [0.3, 0.4) is 0 Å². The van der Waals surface area contributed by atoms with Gasteiger partial charge >= 0.3 is 0 Å². The monoisotopic (exact) mass is 933 g/mol. The zero-order valence-corrected chi connectivity index (χ0v) is 39.5. The summed E-state index contributed by atoms with van der Waals surface area (Å²) in [5.74, 6) is 1.60. The van der Waals surface area contributed by atoms with E-state index in [-0.39, 0.29) is 0 Å². The Morgan fingerprint density at radius 3 is 1.55 bits per heavy atom. The van der Waals surface area contributed by atoms with Crippen molar-refractivity contribution in [3.8, 4) is 62.1 Å². The van der Waals surface area contributed by atoms with E-state index in [4.69, 9.17) is 19.4 Å². The molecule has 0 bridgehead atoms. The molecule has 14 aromatic rings. The first-order valence-corrected chi connectivity index (χ1v) is 24.6. The molecule has 11 aromatic carbocycles. The minimum atomic E-state index is 0.503. The summed E-state index contributed by atoms with van der Waals surface area (Å²) in [6.07, 6.45) is 0. The van der Waals surface area contributed by atoms with E-state index in [1.165, 1.54) is 16.3 Å². The molecule has 0 saturated heterocycles. The van der Waals surface area contributed by atoms with Crippen LogP contribution in [0, 0.1) is 0 Å². The maximum absolute atomic E-state index is 6.44. The second kappa shape index (κ2) is 17.5. The molecule has 73 heavy (non-hydrogen) atoms. The number of para-hydroxylation sites is 2. The van der Waals surface area contributed by atoms with Gasteiger partial charge in [0.05, 0.1) is 11.0 Å². The number of rotatable bonds is 9. The Morgan fingerprint density at radius 1 is 0.288 bits per heavy atom. The Hall–Kier alpha value is -9.91. The van der Waals surface area contributed by atoms with Gasteiger partial charge in [-0.25, -0.2) is 4.98 Å². The maximum Gasteiger partial charge on any atom is 0.238 e. The van der Waals surface area contributed by atoms with Gasteiger partial charge in [-0.1, -0.05) is 188 Å². The quantitative estimate of drug-likeness (QED) is 0.144. The number of hydrogen-bond acceptors (Lipinski definition) is 5. The number of anilines is 3. The molecule has 0 saturated carbocycles. The van der Waals surface area contributed by atoms with Crippen LogP contribution in [0.4, 0.5) is 17.1 Å². The Kier molecular flexibility index (Phi) is 10.1. The summed E-state index contributed by atoms with van der Waals surface area (Å²) in [6.45, 7) is 0. The Balaban J connectivity index is 0.990. The minimum Gasteiger partial charge on any atom is -0.456 e. The standard InChI is InChI=1S/C67H43N5O/c1-4-15-44(16-5-1)49-21-14-22-52(40-49)65-68-66(53-32-37-60-59-25-12-13-26-63(59)73-64(60)42-53)70-67(69-65)72-61-41-51(45-17-6-2-7-18-45)31-36-57(61)58-38-35-56(43-62(58)72)71(54-23-8-3-9-24-54)55-33-29-47(30-34-55)50-28-27-46-19-10-11-20-48(46)39-50/h1-43H. The largest absolute Gasteiger partial charge is 0.456 e. The van der Waals surface area contributed by atoms with Crippen LogP contribution in [-0.2, 0) is 0 Å². The molecule has 0 aliphatic carbocycles. The number of benzene rings is 11. The molecule has 0 aliphatic heterocycles. The van der Waals surface area contributed by atoms with Gasteiger partial charge in [0.15, 0.2) is 11.6 Å². The Bertz CT molecular complexity index is 4370. The average Bonchev–Trinajstić information content (AvgIpc) is 4.01. The van der Waals surface area contributed by atoms with Gasteiger partial charge in [-0.2, -0.15) is 9.97 Å². The van der Waals surface area contributed by atoms with E-state index in [0.29, 0.717) is 17.6 Å². The van der Waals surface area contributed by atoms with Crippen LogP contribution in [0.2, 0.25) is 0 Å². The number of furan rings is 1. The first kappa shape index (κ1) is 42.0. The van der Waals surface area contributed by atoms with Crippen molar-refractivity contribution in [3.05, 3.63) is 261 Å². The predicted molar refractivity (Wildman–Crippen MR) is 301 cm³/mol. The third kappa shape index (κ3) is 7.57. The van der Waals surface area contributed by atoms with Crippen molar-refractivity contribution >= 4 is 71.6 Å². The second-order valence-corrected chi connectivity index (χ2v) is 18.5. The highest BCUT2D eigenvalue weighted by Crippen LogP contribution is 2.42. The molecular weight excluding hydrogens is 891 g/mol. The van der Waals surface area contributed by atoms with E-state index in [0.717, 1.165) is 99.8 Å². The summed E-state index contributed by atoms with van der Waals surface area (Å²) in [5.41, 5.74) is 15.1. The topological polar surface area (TPSA) is 60.0 Å². The number of fused-ring (bicyclic) bond motifs is 7. The van der Waals surface area contributed by atoms with Gasteiger partial charge in [-0.15, -0.1) is 0 Å². The van der Waals surface area contributed by atoms with Gasteiger partial charge in [0.25, 0.3) is 0 Å². The molecule has 0 spiro atoms. The van der Waals surface area contributed by atoms with Crippen LogP contribution in [0.5, 0.6) is 0 Å². The molecule has 0 atom stereocenters. The minimum absolute atomic E-state index is 0.503. The first-order chi connectivity index (χ1) is 36.1. The molecule has 3 aromatic heterocycles. The van der Waals surface area contributed by atoms with Gasteiger partial charge < -0.3 is 9.32 Å². The van der Waals surface area contributed by atoms with Crippen LogP contribution in [0.25, 0.3) is 117 Å². The molecule has 342 valence electrons. The zero-order chi connectivity index (χ0) is 48.2. The smallest absolute Gasteiger partial charge is 0.238 e. The number of nitrogens with zero attached hydrogens (tertiary/aromatic N) is 5. The van der Waals surface area contributed by atoms with Crippen molar-refractivity contribution < 1.29 is 4.42 Å². The highest BCUT2D eigenvalue weighted by Gasteiger charge is 2.22. The van der Waals surface area contributed by atoms with Crippen molar-refractivity contribution in [2.75, 3.05) is 4.90 Å². The van der Waals surface area contributed by atoms with Gasteiger partial charge in [-0.3, -0.25) is 4.57 Å². The second-order valence-electron chi connectivity index (χ2n) is 18.5. The fourth-order valence-electron chi connectivity index (χ4n) is 10.4. The van der Waals surface area contributed by atoms with Crippen molar-refractivity contribution in [3.63, 3.8) is 0 Å². The van der Waals surface area contributed by atoms with E-state index in [2.05, 4.69) is 246 Å². The highest BCUT2D eigenvalue weighted by atomic mass is 16.3. The summed E-state index contributed by atoms with van der Waals surface area (Å²) >= 11 is 0. The summed E-state index contributed by atoms with van der Waals surface area (Å²) in [4.78, 5) is 18.5. The molecule has 0 aliphatic rings. The van der Waals surface area contributed by atoms with Gasteiger partial charge in [0.2, 0.25) is 5.95 Å².